The fraction of sp³-hybridized carbons (Fsp3) is 0.625. The Balaban J connectivity index is 0.000000181. The standard InChI is InChI=1S/C10H18.C6H5Cl.BH3/c1-9(2)8-4-6-10(9,3)7-5-8;7-6-4-2-1-3-5-6;/h8H,4-7H2,1-3H3;1-5H;1H3. The Labute approximate surface area is 119 Å². The molecule has 2 fully saturated rings. The van der Waals surface area contributed by atoms with Crippen LogP contribution in [0.3, 0.4) is 0 Å². The van der Waals surface area contributed by atoms with Crippen LogP contribution in [0.25, 0.3) is 0 Å². The van der Waals surface area contributed by atoms with Gasteiger partial charge in [-0.3, -0.25) is 0 Å². The summed E-state index contributed by atoms with van der Waals surface area (Å²) in [6, 6.07) is 9.44. The van der Waals surface area contributed by atoms with Crippen LogP contribution in [0.5, 0.6) is 0 Å². The van der Waals surface area contributed by atoms with Crippen LogP contribution >= 0.6 is 11.6 Å². The van der Waals surface area contributed by atoms with Gasteiger partial charge in [-0.05, 0) is 54.6 Å². The van der Waals surface area contributed by atoms with Crippen LogP contribution in [0, 0.1) is 16.7 Å². The summed E-state index contributed by atoms with van der Waals surface area (Å²) in [4.78, 5) is 0. The zero-order valence-electron chi connectivity index (χ0n) is 11.2. The molecule has 2 bridgehead atoms. The molecule has 0 aliphatic heterocycles. The Hall–Kier alpha value is -0.425. The van der Waals surface area contributed by atoms with Crippen LogP contribution in [-0.2, 0) is 0 Å². The van der Waals surface area contributed by atoms with Crippen LogP contribution in [0.2, 0.25) is 5.02 Å². The molecule has 0 amide bonds. The summed E-state index contributed by atoms with van der Waals surface area (Å²) in [6.45, 7) is 7.43. The summed E-state index contributed by atoms with van der Waals surface area (Å²) in [7, 11) is 0. The molecular formula is C16H26BCl. The monoisotopic (exact) mass is 264 g/mol. The third-order valence-corrected chi connectivity index (χ3v) is 5.65. The summed E-state index contributed by atoms with van der Waals surface area (Å²) < 4.78 is 0. The van der Waals surface area contributed by atoms with Gasteiger partial charge in [0.25, 0.3) is 0 Å². The van der Waals surface area contributed by atoms with Crippen molar-refractivity contribution in [3.8, 4) is 0 Å². The molecule has 0 N–H and O–H groups in total. The first kappa shape index (κ1) is 15.6. The van der Waals surface area contributed by atoms with E-state index in [2.05, 4.69) is 20.8 Å². The Morgan fingerprint density at radius 3 is 1.67 bits per heavy atom. The molecule has 0 nitrogen and oxygen atoms in total. The summed E-state index contributed by atoms with van der Waals surface area (Å²) in [5.41, 5.74) is 1.37. The van der Waals surface area contributed by atoms with Crippen LogP contribution < -0.4 is 0 Å². The minimum absolute atomic E-state index is 0. The molecule has 0 radical (unpaired) electrons. The number of halogens is 1. The minimum Gasteiger partial charge on any atom is -0.0843 e. The summed E-state index contributed by atoms with van der Waals surface area (Å²) in [5, 5.41) is 0.794. The largest absolute Gasteiger partial charge is 0.0843 e. The molecule has 100 valence electrons. The van der Waals surface area contributed by atoms with Crippen LogP contribution in [0.4, 0.5) is 0 Å². The van der Waals surface area contributed by atoms with Crippen LogP contribution in [-0.4, -0.2) is 8.41 Å². The fourth-order valence-corrected chi connectivity index (χ4v) is 3.67. The van der Waals surface area contributed by atoms with Crippen molar-refractivity contribution in [3.05, 3.63) is 35.4 Å². The molecule has 1 aromatic carbocycles. The second-order valence-corrected chi connectivity index (χ2v) is 6.79. The average molecular weight is 265 g/mol. The molecule has 2 aliphatic rings. The molecule has 0 spiro atoms. The third kappa shape index (κ3) is 2.77. The Kier molecular flexibility index (Phi) is 4.94. The summed E-state index contributed by atoms with van der Waals surface area (Å²) in [6.07, 6.45) is 5.99. The number of rotatable bonds is 0. The number of hydrogen-bond acceptors (Lipinski definition) is 0. The van der Waals surface area contributed by atoms with Gasteiger partial charge in [0.05, 0.1) is 8.41 Å². The molecule has 2 saturated carbocycles. The van der Waals surface area contributed by atoms with Crippen molar-refractivity contribution < 1.29 is 0 Å². The zero-order valence-corrected chi connectivity index (χ0v) is 11.9. The van der Waals surface area contributed by atoms with E-state index in [1.54, 1.807) is 0 Å². The van der Waals surface area contributed by atoms with E-state index in [0.717, 1.165) is 10.9 Å². The second kappa shape index (κ2) is 5.69. The number of hydrogen-bond donors (Lipinski definition) is 0. The van der Waals surface area contributed by atoms with Gasteiger partial charge in [-0.25, -0.2) is 0 Å². The van der Waals surface area contributed by atoms with Crippen molar-refractivity contribution >= 4 is 20.0 Å². The molecular weight excluding hydrogens is 238 g/mol. The molecule has 2 heteroatoms. The van der Waals surface area contributed by atoms with Crippen molar-refractivity contribution in [3.63, 3.8) is 0 Å². The van der Waals surface area contributed by atoms with E-state index in [1.807, 2.05) is 30.3 Å². The van der Waals surface area contributed by atoms with E-state index >= 15 is 0 Å². The van der Waals surface area contributed by atoms with Gasteiger partial charge in [0.15, 0.2) is 0 Å². The van der Waals surface area contributed by atoms with Crippen molar-refractivity contribution in [2.24, 2.45) is 16.7 Å². The van der Waals surface area contributed by atoms with Crippen molar-refractivity contribution in [2.45, 2.75) is 46.5 Å². The van der Waals surface area contributed by atoms with Crippen LogP contribution in [0.15, 0.2) is 30.3 Å². The van der Waals surface area contributed by atoms with Gasteiger partial charge >= 0.3 is 0 Å². The molecule has 2 aliphatic carbocycles. The summed E-state index contributed by atoms with van der Waals surface area (Å²) >= 11 is 5.54. The maximum absolute atomic E-state index is 5.54. The minimum atomic E-state index is 0. The SMILES string of the molecule is B.CC12CCC(CC1)C2(C)C.Clc1ccccc1. The van der Waals surface area contributed by atoms with Gasteiger partial charge in [-0.15, -0.1) is 0 Å². The lowest BCUT2D eigenvalue weighted by molar-refractivity contribution is 0.152. The predicted octanol–water partition coefficient (Wildman–Crippen LogP) is 4.38. The average Bonchev–Trinajstić information content (AvgIpc) is 2.65. The number of fused-ring (bicyclic) bond motifs is 2. The van der Waals surface area contributed by atoms with Gasteiger partial charge in [0.1, 0.15) is 0 Å². The molecule has 0 aromatic heterocycles. The van der Waals surface area contributed by atoms with Gasteiger partial charge in [0, 0.05) is 5.02 Å². The molecule has 0 saturated heterocycles. The maximum atomic E-state index is 5.54. The van der Waals surface area contributed by atoms with Gasteiger partial charge in [0.2, 0.25) is 0 Å². The normalized spacial score (nSPS) is 31.2. The van der Waals surface area contributed by atoms with E-state index < -0.39 is 0 Å². The van der Waals surface area contributed by atoms with Gasteiger partial charge in [-0.2, -0.15) is 0 Å². The molecule has 0 unspecified atom stereocenters. The summed E-state index contributed by atoms with van der Waals surface area (Å²) in [5.74, 6) is 1.05. The van der Waals surface area contributed by atoms with Crippen molar-refractivity contribution in [2.75, 3.05) is 0 Å². The van der Waals surface area contributed by atoms with Gasteiger partial charge in [-0.1, -0.05) is 50.6 Å². The lowest BCUT2D eigenvalue weighted by Gasteiger charge is -2.34. The fourth-order valence-electron chi connectivity index (χ4n) is 3.53. The number of benzene rings is 1. The van der Waals surface area contributed by atoms with Gasteiger partial charge < -0.3 is 0 Å². The smallest absolute Gasteiger partial charge is 0.0814 e. The first-order chi connectivity index (χ1) is 7.96. The highest BCUT2D eigenvalue weighted by atomic mass is 35.5. The lowest BCUT2D eigenvalue weighted by atomic mass is 9.71. The quantitative estimate of drug-likeness (QED) is 0.610. The third-order valence-electron chi connectivity index (χ3n) is 5.40. The Morgan fingerprint density at radius 2 is 1.50 bits per heavy atom. The van der Waals surface area contributed by atoms with Crippen molar-refractivity contribution in [1.29, 1.82) is 0 Å². The first-order valence-corrected chi connectivity index (χ1v) is 7.04. The highest BCUT2D eigenvalue weighted by Crippen LogP contribution is 2.65. The van der Waals surface area contributed by atoms with E-state index in [-0.39, 0.29) is 8.41 Å². The van der Waals surface area contributed by atoms with Crippen molar-refractivity contribution in [1.82, 2.24) is 0 Å². The molecule has 18 heavy (non-hydrogen) atoms. The predicted molar refractivity (Wildman–Crippen MR) is 85.2 cm³/mol. The Morgan fingerprint density at radius 1 is 1.00 bits per heavy atom. The second-order valence-electron chi connectivity index (χ2n) is 6.35. The van der Waals surface area contributed by atoms with E-state index in [1.165, 1.54) is 25.7 Å². The van der Waals surface area contributed by atoms with Crippen LogP contribution in [0.1, 0.15) is 46.5 Å². The van der Waals surface area contributed by atoms with E-state index in [0.29, 0.717) is 10.8 Å². The molecule has 0 atom stereocenters. The molecule has 1 aromatic rings. The zero-order chi connectivity index (χ0) is 12.5. The lowest BCUT2D eigenvalue weighted by Crippen LogP contribution is -2.26. The van der Waals surface area contributed by atoms with E-state index in [9.17, 15) is 0 Å². The molecule has 3 rings (SSSR count). The highest BCUT2D eigenvalue weighted by molar-refractivity contribution is 6.30. The molecule has 0 heterocycles. The first-order valence-electron chi connectivity index (χ1n) is 6.66. The maximum Gasteiger partial charge on any atom is 0.0814 e. The Bertz CT molecular complexity index is 361. The highest BCUT2D eigenvalue weighted by Gasteiger charge is 2.55. The topological polar surface area (TPSA) is 0 Å². The van der Waals surface area contributed by atoms with E-state index in [4.69, 9.17) is 11.6 Å².